The number of phenolic OH excluding ortho intramolecular Hbond substituents is 1. The Morgan fingerprint density at radius 2 is 2.00 bits per heavy atom. The molecule has 3 nitrogen and oxygen atoms in total. The van der Waals surface area contributed by atoms with Gasteiger partial charge in [0.25, 0.3) is 0 Å². The lowest BCUT2D eigenvalue weighted by Crippen LogP contribution is -1.95. The van der Waals surface area contributed by atoms with Gasteiger partial charge in [-0.05, 0) is 24.1 Å². The van der Waals surface area contributed by atoms with Crippen LogP contribution >= 0.6 is 0 Å². The Hall–Kier alpha value is -1.65. The highest BCUT2D eigenvalue weighted by atomic mass is 19.1. The molecule has 16 heavy (non-hydrogen) atoms. The Kier molecular flexibility index (Phi) is 2.77. The van der Waals surface area contributed by atoms with Gasteiger partial charge in [0.05, 0.1) is 13.2 Å². The molecule has 1 aromatic carbocycles. The van der Waals surface area contributed by atoms with Crippen LogP contribution in [0.2, 0.25) is 0 Å². The van der Waals surface area contributed by atoms with E-state index in [9.17, 15) is 8.78 Å². The maximum Gasteiger partial charge on any atom is 0.187 e. The van der Waals surface area contributed by atoms with Crippen LogP contribution in [0, 0.1) is 11.6 Å². The fourth-order valence-electron chi connectivity index (χ4n) is 1.74. The molecular weight excluding hydrogens is 216 g/mol. The molecule has 0 spiro atoms. The van der Waals surface area contributed by atoms with Crippen LogP contribution in [0.4, 0.5) is 8.78 Å². The summed E-state index contributed by atoms with van der Waals surface area (Å²) >= 11 is 0. The van der Waals surface area contributed by atoms with Gasteiger partial charge in [-0.1, -0.05) is 0 Å². The quantitative estimate of drug-likeness (QED) is 0.801. The summed E-state index contributed by atoms with van der Waals surface area (Å²) in [7, 11) is 1.51. The topological polar surface area (TPSA) is 41.8 Å². The summed E-state index contributed by atoms with van der Waals surface area (Å²) < 4.78 is 31.2. The summed E-state index contributed by atoms with van der Waals surface area (Å²) in [4.78, 5) is 4.17. The van der Waals surface area contributed by atoms with Crippen molar-refractivity contribution in [2.24, 2.45) is 4.99 Å². The smallest absolute Gasteiger partial charge is 0.187 e. The van der Waals surface area contributed by atoms with E-state index in [0.717, 1.165) is 12.1 Å². The van der Waals surface area contributed by atoms with Crippen molar-refractivity contribution in [3.05, 3.63) is 29.3 Å². The van der Waals surface area contributed by atoms with Crippen LogP contribution in [-0.2, 0) is 4.74 Å². The largest absolute Gasteiger partial charge is 0.503 e. The van der Waals surface area contributed by atoms with Crippen molar-refractivity contribution >= 4 is 5.90 Å². The Morgan fingerprint density at radius 1 is 1.38 bits per heavy atom. The minimum atomic E-state index is -0.962. The molecule has 1 atom stereocenters. The number of hydrogen-bond donors (Lipinski definition) is 1. The SMILES string of the molecule is COC1=NC(c2cc(F)c(O)c(F)c2)CC1. The molecule has 1 heterocycles. The maximum atomic E-state index is 13.1. The van der Waals surface area contributed by atoms with E-state index in [1.165, 1.54) is 7.11 Å². The van der Waals surface area contributed by atoms with Gasteiger partial charge in [0.1, 0.15) is 0 Å². The van der Waals surface area contributed by atoms with E-state index in [-0.39, 0.29) is 6.04 Å². The number of methoxy groups -OCH3 is 1. The van der Waals surface area contributed by atoms with E-state index in [2.05, 4.69) is 4.99 Å². The van der Waals surface area contributed by atoms with Gasteiger partial charge in [0.15, 0.2) is 23.3 Å². The zero-order valence-corrected chi connectivity index (χ0v) is 8.70. The monoisotopic (exact) mass is 227 g/mol. The van der Waals surface area contributed by atoms with E-state index >= 15 is 0 Å². The summed E-state index contributed by atoms with van der Waals surface area (Å²) in [5.74, 6) is -2.29. The van der Waals surface area contributed by atoms with Gasteiger partial charge >= 0.3 is 0 Å². The molecule has 86 valence electrons. The summed E-state index contributed by atoms with van der Waals surface area (Å²) in [5.41, 5.74) is 0.417. The second-order valence-corrected chi connectivity index (χ2v) is 3.61. The van der Waals surface area contributed by atoms with Crippen LogP contribution in [0.5, 0.6) is 5.75 Å². The third-order valence-electron chi connectivity index (χ3n) is 2.59. The summed E-state index contributed by atoms with van der Waals surface area (Å²) in [6, 6.07) is 1.91. The van der Waals surface area contributed by atoms with Crippen LogP contribution < -0.4 is 0 Å². The van der Waals surface area contributed by atoms with Crippen LogP contribution in [0.1, 0.15) is 24.4 Å². The number of benzene rings is 1. The maximum absolute atomic E-state index is 13.1. The first-order valence-corrected chi connectivity index (χ1v) is 4.90. The van der Waals surface area contributed by atoms with Crippen molar-refractivity contribution in [2.45, 2.75) is 18.9 Å². The van der Waals surface area contributed by atoms with E-state index in [0.29, 0.717) is 24.3 Å². The number of nitrogens with zero attached hydrogens (tertiary/aromatic N) is 1. The van der Waals surface area contributed by atoms with Crippen molar-refractivity contribution in [1.29, 1.82) is 0 Å². The molecule has 0 bridgehead atoms. The second-order valence-electron chi connectivity index (χ2n) is 3.61. The molecule has 1 aromatic rings. The van der Waals surface area contributed by atoms with Crippen LogP contribution in [0.3, 0.4) is 0 Å². The number of hydrogen-bond acceptors (Lipinski definition) is 3. The number of rotatable bonds is 1. The average molecular weight is 227 g/mol. The predicted octanol–water partition coefficient (Wildman–Crippen LogP) is 2.55. The third-order valence-corrected chi connectivity index (χ3v) is 2.59. The van der Waals surface area contributed by atoms with Gasteiger partial charge in [-0.3, -0.25) is 0 Å². The predicted molar refractivity (Wildman–Crippen MR) is 54.4 cm³/mol. The van der Waals surface area contributed by atoms with Gasteiger partial charge in [-0.2, -0.15) is 0 Å². The van der Waals surface area contributed by atoms with E-state index in [1.807, 2.05) is 0 Å². The lowest BCUT2D eigenvalue weighted by atomic mass is 10.0. The van der Waals surface area contributed by atoms with Gasteiger partial charge in [-0.15, -0.1) is 0 Å². The summed E-state index contributed by atoms with van der Waals surface area (Å²) in [6.07, 6.45) is 1.32. The molecule has 1 N–H and O–H groups in total. The number of phenols is 1. The van der Waals surface area contributed by atoms with Crippen molar-refractivity contribution in [3.63, 3.8) is 0 Å². The summed E-state index contributed by atoms with van der Waals surface area (Å²) in [5, 5.41) is 8.96. The first-order valence-electron chi connectivity index (χ1n) is 4.90. The second kappa shape index (κ2) is 4.08. The Labute approximate surface area is 91.4 Å². The number of ether oxygens (including phenoxy) is 1. The van der Waals surface area contributed by atoms with Gasteiger partial charge < -0.3 is 9.84 Å². The first-order chi connectivity index (χ1) is 7.61. The van der Waals surface area contributed by atoms with Crippen LogP contribution in [0.25, 0.3) is 0 Å². The molecule has 1 aliphatic rings. The normalized spacial score (nSPS) is 19.7. The molecule has 0 saturated carbocycles. The zero-order valence-electron chi connectivity index (χ0n) is 8.70. The van der Waals surface area contributed by atoms with Crippen molar-refractivity contribution < 1.29 is 18.6 Å². The lowest BCUT2D eigenvalue weighted by molar-refractivity contribution is 0.394. The standard InChI is InChI=1S/C11H11F2NO2/c1-16-10-3-2-9(14-10)6-4-7(12)11(15)8(13)5-6/h4-5,9,15H,2-3H2,1H3. The Morgan fingerprint density at radius 3 is 2.50 bits per heavy atom. The molecule has 1 unspecified atom stereocenters. The van der Waals surface area contributed by atoms with Crippen molar-refractivity contribution in [3.8, 4) is 5.75 Å². The molecule has 0 fully saturated rings. The van der Waals surface area contributed by atoms with Gasteiger partial charge in [0.2, 0.25) is 0 Å². The number of aromatic hydroxyl groups is 1. The molecule has 0 aliphatic carbocycles. The minimum Gasteiger partial charge on any atom is -0.503 e. The fraction of sp³-hybridized carbons (Fsp3) is 0.364. The minimum absolute atomic E-state index is 0.292. The molecule has 1 aliphatic heterocycles. The molecule has 0 saturated heterocycles. The molecule has 0 amide bonds. The van der Waals surface area contributed by atoms with Crippen LogP contribution in [0.15, 0.2) is 17.1 Å². The third kappa shape index (κ3) is 1.85. The molecule has 2 rings (SSSR count). The number of aliphatic imine (C=N–C) groups is 1. The fourth-order valence-corrected chi connectivity index (χ4v) is 1.74. The Balaban J connectivity index is 2.32. The highest BCUT2D eigenvalue weighted by molar-refractivity contribution is 5.78. The molecule has 0 aromatic heterocycles. The summed E-state index contributed by atoms with van der Waals surface area (Å²) in [6.45, 7) is 0. The van der Waals surface area contributed by atoms with Crippen LogP contribution in [-0.4, -0.2) is 18.1 Å². The van der Waals surface area contributed by atoms with Crippen molar-refractivity contribution in [2.75, 3.05) is 7.11 Å². The molecule has 5 heteroatoms. The Bertz CT molecular complexity index is 423. The number of halogens is 2. The first kappa shape index (κ1) is 10.9. The zero-order chi connectivity index (χ0) is 11.7. The van der Waals surface area contributed by atoms with Gasteiger partial charge in [0, 0.05) is 6.42 Å². The van der Waals surface area contributed by atoms with Gasteiger partial charge in [-0.25, -0.2) is 13.8 Å². The van der Waals surface area contributed by atoms with E-state index < -0.39 is 17.4 Å². The molecular formula is C11H11F2NO2. The molecule has 0 radical (unpaired) electrons. The highest BCUT2D eigenvalue weighted by Crippen LogP contribution is 2.32. The van der Waals surface area contributed by atoms with E-state index in [1.54, 1.807) is 0 Å². The average Bonchev–Trinajstić information content (AvgIpc) is 2.73. The van der Waals surface area contributed by atoms with E-state index in [4.69, 9.17) is 9.84 Å². The highest BCUT2D eigenvalue weighted by Gasteiger charge is 2.22. The lowest BCUT2D eigenvalue weighted by Gasteiger charge is -2.07. The van der Waals surface area contributed by atoms with Crippen molar-refractivity contribution in [1.82, 2.24) is 0 Å².